The van der Waals surface area contributed by atoms with Crippen molar-refractivity contribution in [1.29, 1.82) is 0 Å². The molecule has 2 aromatic carbocycles. The highest BCUT2D eigenvalue weighted by Crippen LogP contribution is 2.37. The highest BCUT2D eigenvalue weighted by molar-refractivity contribution is 7.17. The number of esters is 1. The van der Waals surface area contributed by atoms with Gasteiger partial charge in [0, 0.05) is 29.5 Å². The molecule has 0 aliphatic carbocycles. The van der Waals surface area contributed by atoms with Gasteiger partial charge >= 0.3 is 5.97 Å². The number of nitrogens with one attached hydrogen (secondary N) is 1. The molecular weight excluding hydrogens is 472 g/mol. The summed E-state index contributed by atoms with van der Waals surface area (Å²) in [6, 6.07) is 11.5. The van der Waals surface area contributed by atoms with E-state index in [9.17, 15) is 19.7 Å². The number of hydrogen-bond acceptors (Lipinski definition) is 8. The van der Waals surface area contributed by atoms with Crippen molar-refractivity contribution >= 4 is 40.0 Å². The number of rotatable bonds is 8. The van der Waals surface area contributed by atoms with E-state index in [1.807, 2.05) is 25.1 Å². The molecular formula is C25H22N2O7S. The van der Waals surface area contributed by atoms with Crippen molar-refractivity contribution in [2.45, 2.75) is 20.3 Å². The Morgan fingerprint density at radius 2 is 1.91 bits per heavy atom. The molecule has 1 aliphatic rings. The maximum atomic E-state index is 12.7. The summed E-state index contributed by atoms with van der Waals surface area (Å²) >= 11 is 1.31. The van der Waals surface area contributed by atoms with Crippen molar-refractivity contribution in [2.75, 3.05) is 18.7 Å². The van der Waals surface area contributed by atoms with Crippen LogP contribution in [0.25, 0.3) is 6.08 Å². The van der Waals surface area contributed by atoms with Crippen LogP contribution < -0.4 is 14.8 Å². The number of anilines is 1. The summed E-state index contributed by atoms with van der Waals surface area (Å²) in [5, 5.41) is 14.0. The number of ether oxygens (including phenoxy) is 3. The number of nitro benzene ring substituents is 1. The lowest BCUT2D eigenvalue weighted by Gasteiger charge is -2.06. The monoisotopic (exact) mass is 494 g/mol. The molecule has 0 saturated heterocycles. The molecule has 1 aromatic heterocycles. The van der Waals surface area contributed by atoms with Gasteiger partial charge in [-0.25, -0.2) is 4.79 Å². The van der Waals surface area contributed by atoms with E-state index in [0.29, 0.717) is 34.0 Å². The highest BCUT2D eigenvalue weighted by Gasteiger charge is 2.24. The van der Waals surface area contributed by atoms with E-state index < -0.39 is 16.8 Å². The SMILES string of the molecule is CCOC(=O)c1c(NC(=O)C=Cc2ccc([N+](=O)[O-])cc2)sc(Cc2ccc3c(c2)OCO3)c1C. The zero-order valence-electron chi connectivity index (χ0n) is 19.0. The number of fused-ring (bicyclic) bond motifs is 1. The summed E-state index contributed by atoms with van der Waals surface area (Å²) < 4.78 is 16.0. The second-order valence-electron chi connectivity index (χ2n) is 7.61. The summed E-state index contributed by atoms with van der Waals surface area (Å²) in [6.07, 6.45) is 3.38. The second kappa shape index (κ2) is 10.4. The fraction of sp³-hybridized carbons (Fsp3) is 0.200. The largest absolute Gasteiger partial charge is 0.462 e. The molecule has 2 heterocycles. The van der Waals surface area contributed by atoms with Crippen LogP contribution in [0.4, 0.5) is 10.7 Å². The Bertz CT molecular complexity index is 1310. The van der Waals surface area contributed by atoms with Gasteiger partial charge in [-0.15, -0.1) is 11.3 Å². The number of non-ortho nitro benzene ring substituents is 1. The number of nitrogens with zero attached hydrogens (tertiary/aromatic N) is 1. The van der Waals surface area contributed by atoms with E-state index in [0.717, 1.165) is 16.0 Å². The Kier molecular flexibility index (Phi) is 7.11. The second-order valence-corrected chi connectivity index (χ2v) is 8.72. The number of hydrogen-bond donors (Lipinski definition) is 1. The van der Waals surface area contributed by atoms with Crippen molar-refractivity contribution < 1.29 is 28.7 Å². The third-order valence-electron chi connectivity index (χ3n) is 5.29. The van der Waals surface area contributed by atoms with E-state index in [2.05, 4.69) is 5.32 Å². The highest BCUT2D eigenvalue weighted by atomic mass is 32.1. The first kappa shape index (κ1) is 24.0. The normalized spacial score (nSPS) is 12.1. The van der Waals surface area contributed by atoms with Crippen LogP contribution in [0.5, 0.6) is 11.5 Å². The van der Waals surface area contributed by atoms with Gasteiger partial charge in [-0.05, 0) is 60.9 Å². The van der Waals surface area contributed by atoms with Gasteiger partial charge in [0.2, 0.25) is 12.7 Å². The molecule has 1 N–H and O–H groups in total. The van der Waals surface area contributed by atoms with Gasteiger partial charge in [0.1, 0.15) is 5.00 Å². The smallest absolute Gasteiger partial charge is 0.341 e. The third kappa shape index (κ3) is 5.49. The minimum Gasteiger partial charge on any atom is -0.462 e. The molecule has 0 spiro atoms. The first-order chi connectivity index (χ1) is 16.9. The van der Waals surface area contributed by atoms with E-state index in [-0.39, 0.29) is 19.1 Å². The summed E-state index contributed by atoms with van der Waals surface area (Å²) in [6.45, 7) is 3.94. The Morgan fingerprint density at radius 3 is 2.63 bits per heavy atom. The van der Waals surface area contributed by atoms with E-state index in [4.69, 9.17) is 14.2 Å². The minimum atomic E-state index is -0.507. The molecule has 0 radical (unpaired) electrons. The molecule has 180 valence electrons. The maximum Gasteiger partial charge on any atom is 0.341 e. The van der Waals surface area contributed by atoms with Crippen LogP contribution in [0.3, 0.4) is 0 Å². The third-order valence-corrected chi connectivity index (χ3v) is 6.50. The lowest BCUT2D eigenvalue weighted by molar-refractivity contribution is -0.384. The number of amides is 1. The Morgan fingerprint density at radius 1 is 1.17 bits per heavy atom. The van der Waals surface area contributed by atoms with Crippen LogP contribution in [-0.2, 0) is 16.0 Å². The van der Waals surface area contributed by atoms with Gasteiger partial charge in [0.25, 0.3) is 5.69 Å². The van der Waals surface area contributed by atoms with E-state index in [1.165, 1.54) is 35.6 Å². The van der Waals surface area contributed by atoms with Gasteiger partial charge in [0.15, 0.2) is 11.5 Å². The van der Waals surface area contributed by atoms with E-state index in [1.54, 1.807) is 19.1 Å². The van der Waals surface area contributed by atoms with Gasteiger partial charge < -0.3 is 19.5 Å². The van der Waals surface area contributed by atoms with Gasteiger partial charge in [-0.3, -0.25) is 14.9 Å². The van der Waals surface area contributed by atoms with Crippen molar-refractivity contribution in [1.82, 2.24) is 0 Å². The lowest BCUT2D eigenvalue weighted by atomic mass is 10.1. The first-order valence-electron chi connectivity index (χ1n) is 10.8. The summed E-state index contributed by atoms with van der Waals surface area (Å²) in [4.78, 5) is 36.5. The molecule has 3 aromatic rings. The molecule has 0 unspecified atom stereocenters. The van der Waals surface area contributed by atoms with Crippen LogP contribution in [-0.4, -0.2) is 30.2 Å². The van der Waals surface area contributed by atoms with Crippen LogP contribution in [0.15, 0.2) is 48.5 Å². The van der Waals surface area contributed by atoms with Crippen molar-refractivity contribution in [3.63, 3.8) is 0 Å². The van der Waals surface area contributed by atoms with Crippen LogP contribution in [0.1, 0.15) is 38.8 Å². The van der Waals surface area contributed by atoms with Crippen LogP contribution in [0.2, 0.25) is 0 Å². The number of carbonyl (C=O) groups is 2. The number of carbonyl (C=O) groups excluding carboxylic acids is 2. The van der Waals surface area contributed by atoms with Crippen LogP contribution >= 0.6 is 11.3 Å². The molecule has 1 aliphatic heterocycles. The zero-order chi connectivity index (χ0) is 24.9. The molecule has 35 heavy (non-hydrogen) atoms. The predicted octanol–water partition coefficient (Wildman–Crippen LogP) is 5.11. The van der Waals surface area contributed by atoms with E-state index >= 15 is 0 Å². The van der Waals surface area contributed by atoms with Gasteiger partial charge in [0.05, 0.1) is 17.1 Å². The Labute approximate surface area is 205 Å². The Hall–Kier alpha value is -4.18. The molecule has 0 saturated carbocycles. The maximum absolute atomic E-state index is 12.7. The van der Waals surface area contributed by atoms with Crippen molar-refractivity contribution in [3.8, 4) is 11.5 Å². The number of thiophene rings is 1. The molecule has 4 rings (SSSR count). The molecule has 1 amide bonds. The summed E-state index contributed by atoms with van der Waals surface area (Å²) in [5.41, 5.74) is 2.63. The van der Waals surface area contributed by atoms with Crippen LogP contribution in [0, 0.1) is 17.0 Å². The summed E-state index contributed by atoms with van der Waals surface area (Å²) in [5.74, 6) is 0.418. The molecule has 10 heteroatoms. The molecule has 9 nitrogen and oxygen atoms in total. The zero-order valence-corrected chi connectivity index (χ0v) is 19.8. The standard InChI is InChI=1S/C25H22N2O7S/c1-3-32-25(29)23-15(2)21(13-17-6-10-19-20(12-17)34-14-33-19)35-24(23)26-22(28)11-7-16-4-8-18(9-5-16)27(30)31/h4-12H,3,13-14H2,1-2H3,(H,26,28). The molecule has 0 bridgehead atoms. The average molecular weight is 495 g/mol. The number of benzene rings is 2. The first-order valence-corrected chi connectivity index (χ1v) is 11.6. The topological polar surface area (TPSA) is 117 Å². The van der Waals surface area contributed by atoms with Crippen molar-refractivity contribution in [3.05, 3.63) is 85.8 Å². The fourth-order valence-electron chi connectivity index (χ4n) is 3.54. The summed E-state index contributed by atoms with van der Waals surface area (Å²) in [7, 11) is 0. The molecule has 0 fully saturated rings. The molecule has 0 atom stereocenters. The fourth-order valence-corrected chi connectivity index (χ4v) is 4.77. The van der Waals surface area contributed by atoms with Crippen molar-refractivity contribution in [2.24, 2.45) is 0 Å². The quantitative estimate of drug-likeness (QED) is 0.200. The van der Waals surface area contributed by atoms with Gasteiger partial charge in [-0.1, -0.05) is 6.07 Å². The average Bonchev–Trinajstić information content (AvgIpc) is 3.42. The number of nitro groups is 1. The Balaban J connectivity index is 1.55. The lowest BCUT2D eigenvalue weighted by Crippen LogP contribution is -2.12. The predicted molar refractivity (Wildman–Crippen MR) is 131 cm³/mol. The van der Waals surface area contributed by atoms with Gasteiger partial charge in [-0.2, -0.15) is 0 Å². The minimum absolute atomic E-state index is 0.0327.